The first kappa shape index (κ1) is 7.12. The van der Waals surface area contributed by atoms with Crippen molar-refractivity contribution in [3.05, 3.63) is 18.0 Å². The smallest absolute Gasteiger partial charge is 0.106 e. The standard InChI is InChI=1S/C7H12N2O/c1-6(2)7-4-5-9(8-7)10-3/h4-6H,1-3H3. The van der Waals surface area contributed by atoms with E-state index in [4.69, 9.17) is 4.84 Å². The van der Waals surface area contributed by atoms with Crippen LogP contribution in [0, 0.1) is 0 Å². The molecule has 1 aromatic heterocycles. The van der Waals surface area contributed by atoms with Gasteiger partial charge in [-0.25, -0.2) is 0 Å². The average Bonchev–Trinajstić information content (AvgIpc) is 2.34. The molecule has 1 heterocycles. The van der Waals surface area contributed by atoms with Crippen molar-refractivity contribution in [2.45, 2.75) is 19.8 Å². The van der Waals surface area contributed by atoms with E-state index in [1.165, 1.54) is 4.85 Å². The fourth-order valence-electron chi connectivity index (χ4n) is 0.730. The SMILES string of the molecule is COn1ccc(C(C)C)n1. The molecule has 0 fully saturated rings. The topological polar surface area (TPSA) is 27.1 Å². The third kappa shape index (κ3) is 1.29. The van der Waals surface area contributed by atoms with Crippen molar-refractivity contribution in [3.63, 3.8) is 0 Å². The maximum absolute atomic E-state index is 4.85. The Morgan fingerprint density at radius 2 is 2.30 bits per heavy atom. The number of hydrogen-bond donors (Lipinski definition) is 0. The molecule has 0 aliphatic heterocycles. The highest BCUT2D eigenvalue weighted by molar-refractivity contribution is 5.02. The van der Waals surface area contributed by atoms with Gasteiger partial charge >= 0.3 is 0 Å². The van der Waals surface area contributed by atoms with Gasteiger partial charge in [0.05, 0.1) is 11.9 Å². The number of nitrogens with zero attached hydrogens (tertiary/aromatic N) is 2. The van der Waals surface area contributed by atoms with Crippen LogP contribution in [0.4, 0.5) is 0 Å². The van der Waals surface area contributed by atoms with Gasteiger partial charge < -0.3 is 4.84 Å². The van der Waals surface area contributed by atoms with Crippen LogP contribution in [0.1, 0.15) is 25.5 Å². The van der Waals surface area contributed by atoms with Gasteiger partial charge in [-0.15, -0.1) is 9.94 Å². The van der Waals surface area contributed by atoms with Crippen LogP contribution in [-0.4, -0.2) is 17.1 Å². The van der Waals surface area contributed by atoms with Gasteiger partial charge in [-0.3, -0.25) is 0 Å². The van der Waals surface area contributed by atoms with Crippen molar-refractivity contribution in [3.8, 4) is 0 Å². The van der Waals surface area contributed by atoms with Gasteiger partial charge in [0, 0.05) is 0 Å². The summed E-state index contributed by atoms with van der Waals surface area (Å²) in [6.07, 6.45) is 1.80. The third-order valence-electron chi connectivity index (χ3n) is 1.37. The number of aromatic nitrogens is 2. The molecule has 56 valence electrons. The summed E-state index contributed by atoms with van der Waals surface area (Å²) in [7, 11) is 1.59. The van der Waals surface area contributed by atoms with Gasteiger partial charge in [0.1, 0.15) is 7.11 Å². The van der Waals surface area contributed by atoms with Crippen molar-refractivity contribution in [2.75, 3.05) is 7.11 Å². The molecular formula is C7H12N2O. The van der Waals surface area contributed by atoms with Crippen molar-refractivity contribution in [1.82, 2.24) is 9.94 Å². The zero-order chi connectivity index (χ0) is 7.56. The molecule has 0 amide bonds. The molecule has 0 atom stereocenters. The van der Waals surface area contributed by atoms with E-state index in [0.717, 1.165) is 5.69 Å². The molecule has 3 nitrogen and oxygen atoms in total. The second-order valence-electron chi connectivity index (χ2n) is 2.48. The Morgan fingerprint density at radius 1 is 1.60 bits per heavy atom. The van der Waals surface area contributed by atoms with Crippen molar-refractivity contribution in [2.24, 2.45) is 0 Å². The Kier molecular flexibility index (Phi) is 1.94. The lowest BCUT2D eigenvalue weighted by molar-refractivity contribution is 0.132. The normalized spacial score (nSPS) is 10.4. The van der Waals surface area contributed by atoms with Crippen LogP contribution in [0.15, 0.2) is 12.3 Å². The number of rotatable bonds is 2. The third-order valence-corrected chi connectivity index (χ3v) is 1.37. The van der Waals surface area contributed by atoms with Gasteiger partial charge in [0.2, 0.25) is 0 Å². The molecule has 0 radical (unpaired) electrons. The summed E-state index contributed by atoms with van der Waals surface area (Å²) >= 11 is 0. The van der Waals surface area contributed by atoms with E-state index in [1.807, 2.05) is 6.07 Å². The zero-order valence-electron chi connectivity index (χ0n) is 6.53. The fraction of sp³-hybridized carbons (Fsp3) is 0.571. The Morgan fingerprint density at radius 3 is 2.60 bits per heavy atom. The van der Waals surface area contributed by atoms with E-state index < -0.39 is 0 Å². The molecule has 0 bridgehead atoms. The summed E-state index contributed by atoms with van der Waals surface area (Å²) in [5.74, 6) is 0.469. The van der Waals surface area contributed by atoms with Crippen molar-refractivity contribution >= 4 is 0 Å². The molecule has 0 saturated heterocycles. The van der Waals surface area contributed by atoms with E-state index in [1.54, 1.807) is 13.3 Å². The van der Waals surface area contributed by atoms with Crippen molar-refractivity contribution < 1.29 is 4.84 Å². The Bertz CT molecular complexity index is 205. The van der Waals surface area contributed by atoms with Crippen LogP contribution >= 0.6 is 0 Å². The molecule has 10 heavy (non-hydrogen) atoms. The lowest BCUT2D eigenvalue weighted by Crippen LogP contribution is -2.06. The van der Waals surface area contributed by atoms with Crippen LogP contribution in [0.5, 0.6) is 0 Å². The molecule has 0 spiro atoms. The molecule has 0 unspecified atom stereocenters. The van der Waals surface area contributed by atoms with Gasteiger partial charge in [0.25, 0.3) is 0 Å². The summed E-state index contributed by atoms with van der Waals surface area (Å²) in [5, 5.41) is 4.12. The predicted molar refractivity (Wildman–Crippen MR) is 38.8 cm³/mol. The van der Waals surface area contributed by atoms with Crippen LogP contribution in [0.3, 0.4) is 0 Å². The predicted octanol–water partition coefficient (Wildman–Crippen LogP) is 1.06. The minimum Gasteiger partial charge on any atom is -0.400 e. The highest BCUT2D eigenvalue weighted by Gasteiger charge is 2.01. The van der Waals surface area contributed by atoms with Crippen molar-refractivity contribution in [1.29, 1.82) is 0 Å². The lowest BCUT2D eigenvalue weighted by atomic mass is 10.1. The highest BCUT2D eigenvalue weighted by atomic mass is 16.7. The van der Waals surface area contributed by atoms with Crippen LogP contribution in [0.2, 0.25) is 0 Å². The first-order valence-electron chi connectivity index (χ1n) is 3.34. The molecule has 1 rings (SSSR count). The highest BCUT2D eigenvalue weighted by Crippen LogP contribution is 2.09. The molecule has 0 aliphatic rings. The van der Waals surface area contributed by atoms with Gasteiger partial charge in [-0.2, -0.15) is 0 Å². The first-order valence-corrected chi connectivity index (χ1v) is 3.34. The maximum atomic E-state index is 4.85. The molecule has 0 aromatic carbocycles. The Labute approximate surface area is 60.6 Å². The maximum Gasteiger partial charge on any atom is 0.106 e. The molecule has 0 saturated carbocycles. The van der Waals surface area contributed by atoms with E-state index in [-0.39, 0.29) is 0 Å². The number of hydrogen-bond acceptors (Lipinski definition) is 2. The van der Waals surface area contributed by atoms with E-state index in [2.05, 4.69) is 18.9 Å². The average molecular weight is 140 g/mol. The van der Waals surface area contributed by atoms with Gasteiger partial charge in [-0.05, 0) is 12.0 Å². The Hall–Kier alpha value is -0.990. The summed E-state index contributed by atoms with van der Waals surface area (Å²) in [5.41, 5.74) is 1.06. The molecule has 0 N–H and O–H groups in total. The van der Waals surface area contributed by atoms with Crippen LogP contribution < -0.4 is 4.84 Å². The molecule has 3 heteroatoms. The molecular weight excluding hydrogens is 128 g/mol. The minimum absolute atomic E-state index is 0.469. The fourth-order valence-corrected chi connectivity index (χ4v) is 0.730. The molecule has 1 aromatic rings. The quantitative estimate of drug-likeness (QED) is 0.614. The van der Waals surface area contributed by atoms with E-state index >= 15 is 0 Å². The summed E-state index contributed by atoms with van der Waals surface area (Å²) in [4.78, 5) is 6.30. The Balaban J connectivity index is 2.78. The zero-order valence-corrected chi connectivity index (χ0v) is 6.53. The summed E-state index contributed by atoms with van der Waals surface area (Å²) in [6, 6.07) is 1.95. The molecule has 0 aliphatic carbocycles. The summed E-state index contributed by atoms with van der Waals surface area (Å²) in [6.45, 7) is 4.20. The van der Waals surface area contributed by atoms with Crippen LogP contribution in [0.25, 0.3) is 0 Å². The summed E-state index contributed by atoms with van der Waals surface area (Å²) < 4.78 is 0. The van der Waals surface area contributed by atoms with E-state index in [0.29, 0.717) is 5.92 Å². The first-order chi connectivity index (χ1) is 4.74. The van der Waals surface area contributed by atoms with Crippen LogP contribution in [-0.2, 0) is 0 Å². The van der Waals surface area contributed by atoms with E-state index in [9.17, 15) is 0 Å². The van der Waals surface area contributed by atoms with Gasteiger partial charge in [-0.1, -0.05) is 13.8 Å². The largest absolute Gasteiger partial charge is 0.400 e. The lowest BCUT2D eigenvalue weighted by Gasteiger charge is -1.98. The minimum atomic E-state index is 0.469. The second-order valence-corrected chi connectivity index (χ2v) is 2.48. The second kappa shape index (κ2) is 2.73. The van der Waals surface area contributed by atoms with Gasteiger partial charge in [0.15, 0.2) is 0 Å². The monoisotopic (exact) mass is 140 g/mol.